The van der Waals surface area contributed by atoms with Crippen LogP contribution in [0.25, 0.3) is 11.0 Å². The number of methoxy groups -OCH3 is 1. The second-order valence-corrected chi connectivity index (χ2v) is 6.17. The monoisotopic (exact) mass is 374 g/mol. The molecule has 0 aliphatic rings. The van der Waals surface area contributed by atoms with E-state index in [0.717, 1.165) is 5.56 Å². The second kappa shape index (κ2) is 8.25. The molecule has 3 rings (SSSR count). The van der Waals surface area contributed by atoms with Crippen LogP contribution in [0.2, 0.25) is 5.02 Å². The number of esters is 1. The van der Waals surface area contributed by atoms with Gasteiger partial charge in [0.1, 0.15) is 35.9 Å². The van der Waals surface area contributed by atoms with E-state index in [4.69, 9.17) is 30.2 Å². The van der Waals surface area contributed by atoms with Crippen molar-refractivity contribution in [3.05, 3.63) is 64.4 Å². The van der Waals surface area contributed by atoms with Crippen molar-refractivity contribution in [3.63, 3.8) is 0 Å². The minimum absolute atomic E-state index is 0.189. The summed E-state index contributed by atoms with van der Waals surface area (Å²) in [5.74, 6) is 0.713. The summed E-state index contributed by atoms with van der Waals surface area (Å²) in [5.41, 5.74) is 2.02. The van der Waals surface area contributed by atoms with Crippen LogP contribution < -0.4 is 4.74 Å². The van der Waals surface area contributed by atoms with Crippen LogP contribution in [-0.4, -0.2) is 26.3 Å². The van der Waals surface area contributed by atoms with Gasteiger partial charge in [0, 0.05) is 17.5 Å². The molecule has 6 heteroatoms. The number of carbonyl (C=O) groups is 1. The average Bonchev–Trinajstić information content (AvgIpc) is 2.96. The number of hydrogen-bond acceptors (Lipinski definition) is 5. The van der Waals surface area contributed by atoms with Crippen LogP contribution in [0.15, 0.2) is 46.9 Å². The van der Waals surface area contributed by atoms with E-state index in [-0.39, 0.29) is 6.61 Å². The maximum atomic E-state index is 12.3. The zero-order chi connectivity index (χ0) is 18.5. The van der Waals surface area contributed by atoms with Crippen molar-refractivity contribution in [2.24, 2.45) is 0 Å². The van der Waals surface area contributed by atoms with Crippen molar-refractivity contribution in [2.45, 2.75) is 13.5 Å². The first-order valence-electron chi connectivity index (χ1n) is 8.15. The summed E-state index contributed by atoms with van der Waals surface area (Å²) in [6, 6.07) is 12.8. The molecular weight excluding hydrogens is 356 g/mol. The molecule has 0 saturated heterocycles. The number of fused-ring (bicyclic) bond motifs is 1. The summed E-state index contributed by atoms with van der Waals surface area (Å²) in [6.45, 7) is 2.67. The first-order valence-corrected chi connectivity index (χ1v) is 8.52. The number of hydrogen-bond donors (Lipinski definition) is 0. The third-order valence-electron chi connectivity index (χ3n) is 3.88. The van der Waals surface area contributed by atoms with Crippen molar-refractivity contribution in [2.75, 3.05) is 20.3 Å². The Labute approximate surface area is 156 Å². The van der Waals surface area contributed by atoms with Crippen LogP contribution in [-0.2, 0) is 16.1 Å². The molecule has 136 valence electrons. The van der Waals surface area contributed by atoms with Gasteiger partial charge in [-0.05, 0) is 42.8 Å². The summed E-state index contributed by atoms with van der Waals surface area (Å²) in [4.78, 5) is 12.3. The maximum Gasteiger partial charge on any atom is 0.342 e. The Morgan fingerprint density at radius 3 is 2.62 bits per heavy atom. The fraction of sp³-hybridized carbons (Fsp3) is 0.250. The van der Waals surface area contributed by atoms with Crippen molar-refractivity contribution >= 4 is 28.5 Å². The molecule has 0 aliphatic carbocycles. The quantitative estimate of drug-likeness (QED) is 0.440. The average molecular weight is 375 g/mol. The number of ether oxygens (including phenoxy) is 3. The van der Waals surface area contributed by atoms with Gasteiger partial charge in [-0.1, -0.05) is 23.7 Å². The van der Waals surface area contributed by atoms with Gasteiger partial charge in [0.05, 0.1) is 6.61 Å². The molecule has 3 aromatic rings. The number of benzene rings is 2. The molecule has 0 radical (unpaired) electrons. The minimum atomic E-state index is -0.437. The number of halogens is 1. The zero-order valence-corrected chi connectivity index (χ0v) is 15.3. The third kappa shape index (κ3) is 4.18. The Balaban J connectivity index is 1.79. The Morgan fingerprint density at radius 2 is 1.88 bits per heavy atom. The molecule has 0 spiro atoms. The van der Waals surface area contributed by atoms with Gasteiger partial charge in [0.25, 0.3) is 0 Å². The summed E-state index contributed by atoms with van der Waals surface area (Å²) in [5, 5.41) is 1.35. The molecule has 5 nitrogen and oxygen atoms in total. The van der Waals surface area contributed by atoms with Crippen molar-refractivity contribution < 1.29 is 23.4 Å². The lowest BCUT2D eigenvalue weighted by atomic mass is 10.1. The van der Waals surface area contributed by atoms with E-state index < -0.39 is 5.97 Å². The Morgan fingerprint density at radius 1 is 1.12 bits per heavy atom. The molecule has 0 unspecified atom stereocenters. The molecule has 0 aliphatic heterocycles. The largest absolute Gasteiger partial charge is 0.489 e. The van der Waals surface area contributed by atoms with E-state index >= 15 is 0 Å². The van der Waals surface area contributed by atoms with Crippen LogP contribution in [0.1, 0.15) is 21.7 Å². The molecule has 2 aromatic carbocycles. The van der Waals surface area contributed by atoms with E-state index in [1.807, 2.05) is 24.3 Å². The topological polar surface area (TPSA) is 57.9 Å². The van der Waals surface area contributed by atoms with E-state index in [2.05, 4.69) is 0 Å². The highest BCUT2D eigenvalue weighted by atomic mass is 35.5. The highest BCUT2D eigenvalue weighted by Gasteiger charge is 2.20. The molecule has 1 heterocycles. The van der Waals surface area contributed by atoms with Gasteiger partial charge in [0.15, 0.2) is 0 Å². The van der Waals surface area contributed by atoms with Crippen LogP contribution >= 0.6 is 11.6 Å². The molecule has 0 bridgehead atoms. The van der Waals surface area contributed by atoms with Crippen molar-refractivity contribution in [1.82, 2.24) is 0 Å². The normalized spacial score (nSPS) is 10.9. The predicted molar refractivity (Wildman–Crippen MR) is 98.9 cm³/mol. The summed E-state index contributed by atoms with van der Waals surface area (Å²) in [6.07, 6.45) is 0. The highest BCUT2D eigenvalue weighted by Crippen LogP contribution is 2.30. The van der Waals surface area contributed by atoms with Gasteiger partial charge >= 0.3 is 5.97 Å². The van der Waals surface area contributed by atoms with Gasteiger partial charge < -0.3 is 18.6 Å². The lowest BCUT2D eigenvalue weighted by molar-refractivity contribution is 0.0388. The Bertz CT molecular complexity index is 898. The molecule has 1 aromatic heterocycles. The zero-order valence-electron chi connectivity index (χ0n) is 14.6. The number of carbonyl (C=O) groups excluding carboxylic acids is 1. The van der Waals surface area contributed by atoms with E-state index in [9.17, 15) is 4.79 Å². The van der Waals surface area contributed by atoms with Gasteiger partial charge in [-0.25, -0.2) is 4.79 Å². The SMILES string of the molecule is COCCOC(=O)c1c(C)oc2ccc(OCc3ccc(Cl)cc3)cc12. The minimum Gasteiger partial charge on any atom is -0.489 e. The maximum absolute atomic E-state index is 12.3. The van der Waals surface area contributed by atoms with Crippen LogP contribution in [0.4, 0.5) is 0 Å². The Kier molecular flexibility index (Phi) is 5.81. The van der Waals surface area contributed by atoms with Crippen LogP contribution in [0.3, 0.4) is 0 Å². The molecular formula is C20H19ClO5. The molecule has 0 atom stereocenters. The molecule has 26 heavy (non-hydrogen) atoms. The lowest BCUT2D eigenvalue weighted by Gasteiger charge is -2.07. The summed E-state index contributed by atoms with van der Waals surface area (Å²) >= 11 is 5.89. The summed E-state index contributed by atoms with van der Waals surface area (Å²) in [7, 11) is 1.55. The Hall–Kier alpha value is -2.50. The smallest absolute Gasteiger partial charge is 0.342 e. The van der Waals surface area contributed by atoms with Crippen molar-refractivity contribution in [3.8, 4) is 5.75 Å². The molecule has 0 saturated carbocycles. The third-order valence-corrected chi connectivity index (χ3v) is 4.13. The number of furan rings is 1. The summed E-state index contributed by atoms with van der Waals surface area (Å²) < 4.78 is 21.6. The van der Waals surface area contributed by atoms with Gasteiger partial charge in [-0.3, -0.25) is 0 Å². The first kappa shape index (κ1) is 18.3. The highest BCUT2D eigenvalue weighted by molar-refractivity contribution is 6.30. The molecule has 0 amide bonds. The first-order chi connectivity index (χ1) is 12.6. The lowest BCUT2D eigenvalue weighted by Crippen LogP contribution is -2.10. The fourth-order valence-corrected chi connectivity index (χ4v) is 2.71. The second-order valence-electron chi connectivity index (χ2n) is 5.74. The number of aryl methyl sites for hydroxylation is 1. The molecule has 0 fully saturated rings. The van der Waals surface area contributed by atoms with Crippen LogP contribution in [0, 0.1) is 6.92 Å². The van der Waals surface area contributed by atoms with E-state index in [1.54, 1.807) is 32.2 Å². The van der Waals surface area contributed by atoms with Crippen LogP contribution in [0.5, 0.6) is 5.75 Å². The van der Waals surface area contributed by atoms with Crippen molar-refractivity contribution in [1.29, 1.82) is 0 Å². The fourth-order valence-electron chi connectivity index (χ4n) is 2.58. The van der Waals surface area contributed by atoms with E-state index in [1.165, 1.54) is 0 Å². The molecule has 0 N–H and O–H groups in total. The van der Waals surface area contributed by atoms with E-state index in [0.29, 0.717) is 46.3 Å². The van der Waals surface area contributed by atoms with Gasteiger partial charge in [-0.2, -0.15) is 0 Å². The standard InChI is InChI=1S/C20H19ClO5/c1-13-19(20(22)24-10-9-23-2)17-11-16(7-8-18(17)26-13)25-12-14-3-5-15(21)6-4-14/h3-8,11H,9-10,12H2,1-2H3. The van der Waals surface area contributed by atoms with Gasteiger partial charge in [-0.15, -0.1) is 0 Å². The predicted octanol–water partition coefficient (Wildman–Crippen LogP) is 4.78. The van der Waals surface area contributed by atoms with Gasteiger partial charge in [0.2, 0.25) is 0 Å². The number of rotatable bonds is 7.